The van der Waals surface area contributed by atoms with E-state index < -0.39 is 0 Å². The Hall–Kier alpha value is -5.74. The second-order valence-electron chi connectivity index (χ2n) is 11.3. The summed E-state index contributed by atoms with van der Waals surface area (Å²) in [6, 6.07) is 38.7. The van der Waals surface area contributed by atoms with Gasteiger partial charge in [0.05, 0.1) is 16.6 Å². The highest BCUT2D eigenvalue weighted by molar-refractivity contribution is 6.26. The summed E-state index contributed by atoms with van der Waals surface area (Å²) in [5.41, 5.74) is 9.29. The van der Waals surface area contributed by atoms with E-state index in [9.17, 15) is 0 Å². The number of rotatable bonds is 2. The molecule has 6 aromatic carbocycles. The van der Waals surface area contributed by atoms with E-state index >= 15 is 0 Å². The zero-order valence-electron chi connectivity index (χ0n) is 23.1. The van der Waals surface area contributed by atoms with Crippen molar-refractivity contribution in [1.29, 1.82) is 0 Å². The van der Waals surface area contributed by atoms with Gasteiger partial charge >= 0.3 is 0 Å². The van der Waals surface area contributed by atoms with Gasteiger partial charge in [-0.3, -0.25) is 0 Å². The van der Waals surface area contributed by atoms with Crippen molar-refractivity contribution in [3.63, 3.8) is 0 Å². The first kappa shape index (κ1) is 22.9. The van der Waals surface area contributed by atoms with Crippen LogP contribution in [0.25, 0.3) is 87.7 Å². The van der Waals surface area contributed by atoms with Crippen molar-refractivity contribution < 1.29 is 8.83 Å². The summed E-state index contributed by atoms with van der Waals surface area (Å²) in [6.07, 6.45) is 6.25. The third-order valence-electron chi connectivity index (χ3n) is 9.04. The van der Waals surface area contributed by atoms with Crippen molar-refractivity contribution in [2.75, 3.05) is 6.54 Å². The molecular weight excluding hydrogens is 528 g/mol. The number of para-hydroxylation sites is 1. The molecule has 0 saturated carbocycles. The number of furan rings is 2. The van der Waals surface area contributed by atoms with Crippen LogP contribution in [-0.4, -0.2) is 11.1 Å². The van der Waals surface area contributed by atoms with Gasteiger partial charge < -0.3 is 18.7 Å². The Balaban J connectivity index is 1.40. The van der Waals surface area contributed by atoms with Crippen LogP contribution in [0.15, 0.2) is 136 Å². The van der Waals surface area contributed by atoms with Crippen LogP contribution in [0.5, 0.6) is 0 Å². The molecule has 0 spiro atoms. The number of fused-ring (bicyclic) bond motifs is 12. The zero-order valence-corrected chi connectivity index (χ0v) is 23.1. The number of hydrogen-bond acceptors (Lipinski definition) is 3. The minimum atomic E-state index is 0.785. The van der Waals surface area contributed by atoms with E-state index in [2.05, 4.69) is 131 Å². The Morgan fingerprint density at radius 1 is 0.605 bits per heavy atom. The van der Waals surface area contributed by atoms with E-state index in [1.54, 1.807) is 0 Å². The average Bonchev–Trinajstić information content (AvgIpc) is 3.73. The fourth-order valence-electron chi connectivity index (χ4n) is 7.24. The maximum Gasteiger partial charge on any atom is 0.161 e. The molecule has 4 heterocycles. The van der Waals surface area contributed by atoms with Gasteiger partial charge in [-0.1, -0.05) is 84.9 Å². The van der Waals surface area contributed by atoms with Crippen molar-refractivity contribution in [2.24, 2.45) is 0 Å². The fourth-order valence-corrected chi connectivity index (χ4v) is 7.24. The Kier molecular flexibility index (Phi) is 4.47. The number of nitrogens with one attached hydrogen (secondary N) is 1. The Morgan fingerprint density at radius 3 is 2.28 bits per heavy atom. The van der Waals surface area contributed by atoms with E-state index in [-0.39, 0.29) is 0 Å². The maximum absolute atomic E-state index is 6.69. The second-order valence-corrected chi connectivity index (χ2v) is 11.3. The van der Waals surface area contributed by atoms with Gasteiger partial charge in [0.15, 0.2) is 5.58 Å². The number of hydrogen-bond donors (Lipinski definition) is 1. The SMILES string of the molecule is C1=CNCC(c2cccc3oc4cc(-n5c6ccccc6c6oc7ccc8ccccc8c7c65)c5ccccc5c4c23)=C1. The summed E-state index contributed by atoms with van der Waals surface area (Å²) >= 11 is 0. The smallest absolute Gasteiger partial charge is 0.161 e. The standard InChI is InChI=1S/C39H24N2O2/c1-2-11-25-23(9-1)18-19-33-37(25)38-39(43-33)29-14-5-6-16-30(29)41(38)31-21-34-36(28-13-4-3-12-27(28)31)35-26(15-7-17-32(35)42-34)24-10-8-20-40-22-24/h1-21,40H,22H2. The van der Waals surface area contributed by atoms with Crippen molar-refractivity contribution in [3.05, 3.63) is 133 Å². The van der Waals surface area contributed by atoms with Crippen LogP contribution in [0.2, 0.25) is 0 Å². The Morgan fingerprint density at radius 2 is 1.40 bits per heavy atom. The second kappa shape index (κ2) is 8.40. The molecule has 1 aliphatic heterocycles. The molecule has 9 aromatic rings. The summed E-state index contributed by atoms with van der Waals surface area (Å²) in [6.45, 7) is 0.785. The maximum atomic E-state index is 6.69. The first-order chi connectivity index (χ1) is 21.3. The molecule has 0 amide bonds. The summed E-state index contributed by atoms with van der Waals surface area (Å²) in [5, 5.41) is 12.6. The lowest BCUT2D eigenvalue weighted by Crippen LogP contribution is -2.11. The molecule has 0 bridgehead atoms. The molecule has 4 heteroatoms. The molecule has 0 aliphatic carbocycles. The topological polar surface area (TPSA) is 43.2 Å². The van der Waals surface area contributed by atoms with Crippen molar-refractivity contribution in [3.8, 4) is 5.69 Å². The van der Waals surface area contributed by atoms with Crippen LogP contribution in [-0.2, 0) is 0 Å². The summed E-state index contributed by atoms with van der Waals surface area (Å²) in [7, 11) is 0. The Bertz CT molecular complexity index is 2680. The van der Waals surface area contributed by atoms with E-state index in [4.69, 9.17) is 8.83 Å². The minimum absolute atomic E-state index is 0.785. The number of benzene rings is 6. The van der Waals surface area contributed by atoms with Crippen LogP contribution in [0.3, 0.4) is 0 Å². The highest BCUT2D eigenvalue weighted by Crippen LogP contribution is 2.45. The summed E-state index contributed by atoms with van der Waals surface area (Å²) < 4.78 is 15.7. The third-order valence-corrected chi connectivity index (χ3v) is 9.04. The van der Waals surface area contributed by atoms with Gasteiger partial charge in [0.2, 0.25) is 0 Å². The molecule has 4 nitrogen and oxygen atoms in total. The first-order valence-electron chi connectivity index (χ1n) is 14.7. The van der Waals surface area contributed by atoms with Crippen molar-refractivity contribution >= 4 is 82.0 Å². The van der Waals surface area contributed by atoms with E-state index in [1.807, 2.05) is 6.20 Å². The molecule has 1 aliphatic rings. The van der Waals surface area contributed by atoms with Crippen LogP contribution in [0, 0.1) is 0 Å². The van der Waals surface area contributed by atoms with Gasteiger partial charge in [-0.15, -0.1) is 0 Å². The molecule has 0 atom stereocenters. The summed E-state index contributed by atoms with van der Waals surface area (Å²) in [4.78, 5) is 0. The molecular formula is C39H24N2O2. The molecule has 0 saturated heterocycles. The largest absolute Gasteiger partial charge is 0.456 e. The molecule has 10 rings (SSSR count). The lowest BCUT2D eigenvalue weighted by Gasteiger charge is -2.14. The molecule has 0 fully saturated rings. The minimum Gasteiger partial charge on any atom is -0.456 e. The first-order valence-corrected chi connectivity index (χ1v) is 14.7. The highest BCUT2D eigenvalue weighted by Gasteiger charge is 2.24. The van der Waals surface area contributed by atoms with Crippen LogP contribution >= 0.6 is 0 Å². The van der Waals surface area contributed by atoms with Gasteiger partial charge in [-0.05, 0) is 63.8 Å². The predicted octanol–water partition coefficient (Wildman–Crippen LogP) is 10.2. The van der Waals surface area contributed by atoms with Gasteiger partial charge in [0.25, 0.3) is 0 Å². The lowest BCUT2D eigenvalue weighted by atomic mass is 9.95. The molecule has 202 valence electrons. The van der Waals surface area contributed by atoms with E-state index in [1.165, 1.54) is 32.7 Å². The molecule has 1 N–H and O–H groups in total. The quantitative estimate of drug-likeness (QED) is 0.232. The monoisotopic (exact) mass is 552 g/mol. The van der Waals surface area contributed by atoms with Crippen LogP contribution < -0.4 is 5.32 Å². The Labute approximate surface area is 245 Å². The van der Waals surface area contributed by atoms with Crippen molar-refractivity contribution in [2.45, 2.75) is 0 Å². The molecule has 43 heavy (non-hydrogen) atoms. The number of dihydropyridines is 1. The van der Waals surface area contributed by atoms with Gasteiger partial charge in [0, 0.05) is 34.2 Å². The zero-order chi connectivity index (χ0) is 28.1. The third kappa shape index (κ3) is 3.04. The van der Waals surface area contributed by atoms with Crippen molar-refractivity contribution in [1.82, 2.24) is 9.88 Å². The van der Waals surface area contributed by atoms with Crippen LogP contribution in [0.1, 0.15) is 5.56 Å². The number of allylic oxidation sites excluding steroid dienone is 2. The van der Waals surface area contributed by atoms with Gasteiger partial charge in [0.1, 0.15) is 22.3 Å². The number of aromatic nitrogens is 1. The van der Waals surface area contributed by atoms with Gasteiger partial charge in [-0.25, -0.2) is 0 Å². The highest BCUT2D eigenvalue weighted by atomic mass is 16.3. The predicted molar refractivity (Wildman–Crippen MR) is 178 cm³/mol. The van der Waals surface area contributed by atoms with Gasteiger partial charge in [-0.2, -0.15) is 0 Å². The average molecular weight is 553 g/mol. The normalized spacial score (nSPS) is 13.7. The van der Waals surface area contributed by atoms with E-state index in [0.717, 1.165) is 67.1 Å². The molecule has 0 radical (unpaired) electrons. The fraction of sp³-hybridized carbons (Fsp3) is 0.0256. The lowest BCUT2D eigenvalue weighted by molar-refractivity contribution is 0.668. The number of nitrogens with zero attached hydrogens (tertiary/aromatic N) is 1. The van der Waals surface area contributed by atoms with E-state index in [0.29, 0.717) is 0 Å². The molecule has 0 unspecified atom stereocenters. The van der Waals surface area contributed by atoms with Crippen LogP contribution in [0.4, 0.5) is 0 Å². The summed E-state index contributed by atoms with van der Waals surface area (Å²) in [5.74, 6) is 0. The molecule has 3 aromatic heterocycles.